The molecule has 0 saturated carbocycles. The Balaban J connectivity index is 2.04. The van der Waals surface area contributed by atoms with Crippen LogP contribution in [0.3, 0.4) is 0 Å². The minimum Gasteiger partial charge on any atom is -0.348 e. The molecule has 1 N–H and O–H groups in total. The van der Waals surface area contributed by atoms with E-state index in [1.54, 1.807) is 24.1 Å². The molecule has 0 atom stereocenters. The SMILES string of the molecule is Cc1ccc(NC(=S)N(C)Cc2c(F)cccc2Cl)cc1. The van der Waals surface area contributed by atoms with Crippen molar-refractivity contribution in [3.63, 3.8) is 0 Å². The smallest absolute Gasteiger partial charge is 0.173 e. The van der Waals surface area contributed by atoms with Crippen molar-refractivity contribution in [2.75, 3.05) is 12.4 Å². The summed E-state index contributed by atoms with van der Waals surface area (Å²) in [6.45, 7) is 2.33. The monoisotopic (exact) mass is 322 g/mol. The lowest BCUT2D eigenvalue weighted by Crippen LogP contribution is -2.31. The zero-order valence-corrected chi connectivity index (χ0v) is 13.4. The summed E-state index contributed by atoms with van der Waals surface area (Å²) in [6.07, 6.45) is 0. The van der Waals surface area contributed by atoms with E-state index >= 15 is 0 Å². The molecule has 0 aliphatic heterocycles. The first-order valence-corrected chi connectivity index (χ1v) is 7.27. The molecule has 0 spiro atoms. The first-order chi connectivity index (χ1) is 9.97. The van der Waals surface area contributed by atoms with Gasteiger partial charge in [0.05, 0.1) is 0 Å². The van der Waals surface area contributed by atoms with Crippen LogP contribution in [-0.2, 0) is 6.54 Å². The van der Waals surface area contributed by atoms with Crippen molar-refractivity contribution in [3.8, 4) is 0 Å². The van der Waals surface area contributed by atoms with Crippen LogP contribution in [0.4, 0.5) is 10.1 Å². The third kappa shape index (κ3) is 4.16. The Labute approximate surface area is 134 Å². The van der Waals surface area contributed by atoms with Crippen molar-refractivity contribution in [1.82, 2.24) is 4.90 Å². The van der Waals surface area contributed by atoms with Gasteiger partial charge in [-0.15, -0.1) is 0 Å². The van der Waals surface area contributed by atoms with Crippen LogP contribution in [0.25, 0.3) is 0 Å². The van der Waals surface area contributed by atoms with Gasteiger partial charge in [0.15, 0.2) is 5.11 Å². The van der Waals surface area contributed by atoms with E-state index in [2.05, 4.69) is 5.32 Å². The number of nitrogens with zero attached hydrogens (tertiary/aromatic N) is 1. The van der Waals surface area contributed by atoms with Crippen LogP contribution in [0.1, 0.15) is 11.1 Å². The molecule has 2 nitrogen and oxygen atoms in total. The number of hydrogen-bond acceptors (Lipinski definition) is 1. The van der Waals surface area contributed by atoms with Crippen LogP contribution in [-0.4, -0.2) is 17.1 Å². The van der Waals surface area contributed by atoms with E-state index in [0.717, 1.165) is 5.69 Å². The molecule has 0 radical (unpaired) electrons. The molecule has 5 heteroatoms. The predicted molar refractivity (Wildman–Crippen MR) is 90.3 cm³/mol. The molecule has 0 saturated heterocycles. The summed E-state index contributed by atoms with van der Waals surface area (Å²) >= 11 is 11.4. The Kier molecular flexibility index (Phi) is 5.15. The second-order valence-corrected chi connectivity index (χ2v) is 5.65. The Hall–Kier alpha value is -1.65. The molecule has 2 aromatic rings. The molecule has 0 fully saturated rings. The second kappa shape index (κ2) is 6.87. The quantitative estimate of drug-likeness (QED) is 0.830. The van der Waals surface area contributed by atoms with Crippen LogP contribution in [0.5, 0.6) is 0 Å². The van der Waals surface area contributed by atoms with E-state index in [1.165, 1.54) is 11.6 Å². The van der Waals surface area contributed by atoms with E-state index in [-0.39, 0.29) is 5.82 Å². The summed E-state index contributed by atoms with van der Waals surface area (Å²) in [6, 6.07) is 12.5. The molecule has 0 unspecified atom stereocenters. The maximum absolute atomic E-state index is 13.8. The highest BCUT2D eigenvalue weighted by Gasteiger charge is 2.12. The fourth-order valence-electron chi connectivity index (χ4n) is 1.85. The normalized spacial score (nSPS) is 10.3. The number of nitrogens with one attached hydrogen (secondary N) is 1. The van der Waals surface area contributed by atoms with Gasteiger partial charge in [-0.05, 0) is 43.4 Å². The van der Waals surface area contributed by atoms with E-state index in [0.29, 0.717) is 22.2 Å². The van der Waals surface area contributed by atoms with Gasteiger partial charge in [-0.2, -0.15) is 0 Å². The summed E-state index contributed by atoms with van der Waals surface area (Å²) in [7, 11) is 1.80. The number of benzene rings is 2. The molecule has 0 amide bonds. The molecule has 0 heterocycles. The number of aryl methyl sites for hydroxylation is 1. The van der Waals surface area contributed by atoms with Gasteiger partial charge in [-0.25, -0.2) is 4.39 Å². The molecular formula is C16H16ClFN2S. The lowest BCUT2D eigenvalue weighted by Gasteiger charge is -2.22. The zero-order valence-electron chi connectivity index (χ0n) is 11.9. The lowest BCUT2D eigenvalue weighted by atomic mass is 10.2. The molecule has 0 aliphatic rings. The number of rotatable bonds is 3. The fraction of sp³-hybridized carbons (Fsp3) is 0.188. The number of halogens is 2. The van der Waals surface area contributed by atoms with Crippen LogP contribution < -0.4 is 5.32 Å². The van der Waals surface area contributed by atoms with Gasteiger partial charge in [0.2, 0.25) is 0 Å². The van der Waals surface area contributed by atoms with Crippen LogP contribution in [0.15, 0.2) is 42.5 Å². The summed E-state index contributed by atoms with van der Waals surface area (Å²) < 4.78 is 13.8. The zero-order chi connectivity index (χ0) is 15.4. The molecule has 2 aromatic carbocycles. The maximum Gasteiger partial charge on any atom is 0.173 e. The van der Waals surface area contributed by atoms with E-state index in [1.807, 2.05) is 31.2 Å². The molecule has 21 heavy (non-hydrogen) atoms. The third-order valence-electron chi connectivity index (χ3n) is 3.11. The maximum atomic E-state index is 13.8. The highest BCUT2D eigenvalue weighted by atomic mass is 35.5. The molecule has 0 aromatic heterocycles. The molecule has 0 aliphatic carbocycles. The van der Waals surface area contributed by atoms with E-state index in [9.17, 15) is 4.39 Å². The van der Waals surface area contributed by atoms with Gasteiger partial charge in [0.1, 0.15) is 5.82 Å². The third-order valence-corrected chi connectivity index (χ3v) is 3.87. The van der Waals surface area contributed by atoms with Crippen molar-refractivity contribution >= 4 is 34.6 Å². The van der Waals surface area contributed by atoms with Crippen LogP contribution in [0, 0.1) is 12.7 Å². The highest BCUT2D eigenvalue weighted by molar-refractivity contribution is 7.80. The minimum absolute atomic E-state index is 0.309. The van der Waals surface area contributed by atoms with E-state index in [4.69, 9.17) is 23.8 Å². The summed E-state index contributed by atoms with van der Waals surface area (Å²) in [5, 5.41) is 4.03. The Morgan fingerprint density at radius 1 is 1.24 bits per heavy atom. The number of thiocarbonyl (C=S) groups is 1. The van der Waals surface area contributed by atoms with Crippen molar-refractivity contribution in [1.29, 1.82) is 0 Å². The topological polar surface area (TPSA) is 15.3 Å². The van der Waals surface area contributed by atoms with Crippen LogP contribution in [0.2, 0.25) is 5.02 Å². The first-order valence-electron chi connectivity index (χ1n) is 6.49. The lowest BCUT2D eigenvalue weighted by molar-refractivity contribution is 0.486. The van der Waals surface area contributed by atoms with E-state index < -0.39 is 0 Å². The van der Waals surface area contributed by atoms with Crippen molar-refractivity contribution in [2.24, 2.45) is 0 Å². The van der Waals surface area contributed by atoms with Gasteiger partial charge < -0.3 is 10.2 Å². The largest absolute Gasteiger partial charge is 0.348 e. The van der Waals surface area contributed by atoms with Crippen molar-refractivity contribution in [2.45, 2.75) is 13.5 Å². The van der Waals surface area contributed by atoms with Gasteiger partial charge in [-0.3, -0.25) is 0 Å². The molecule has 110 valence electrons. The number of hydrogen-bond donors (Lipinski definition) is 1. The Morgan fingerprint density at radius 2 is 1.90 bits per heavy atom. The van der Waals surface area contributed by atoms with Crippen molar-refractivity contribution < 1.29 is 4.39 Å². The molecular weight excluding hydrogens is 307 g/mol. The highest BCUT2D eigenvalue weighted by Crippen LogP contribution is 2.20. The average molecular weight is 323 g/mol. The molecule has 2 rings (SSSR count). The Morgan fingerprint density at radius 3 is 2.52 bits per heavy atom. The van der Waals surface area contributed by atoms with Gasteiger partial charge in [0, 0.05) is 29.9 Å². The van der Waals surface area contributed by atoms with Gasteiger partial charge in [0.25, 0.3) is 0 Å². The predicted octanol–water partition coefficient (Wildman–Crippen LogP) is 4.62. The van der Waals surface area contributed by atoms with Gasteiger partial charge >= 0.3 is 0 Å². The summed E-state index contributed by atoms with van der Waals surface area (Å²) in [4.78, 5) is 1.75. The van der Waals surface area contributed by atoms with Crippen LogP contribution >= 0.6 is 23.8 Å². The van der Waals surface area contributed by atoms with Gasteiger partial charge in [-0.1, -0.05) is 35.4 Å². The average Bonchev–Trinajstić information content (AvgIpc) is 2.45. The standard InChI is InChI=1S/C16H16ClFN2S/c1-11-6-8-12(9-7-11)19-16(21)20(2)10-13-14(17)4-3-5-15(13)18/h3-9H,10H2,1-2H3,(H,19,21). The summed E-state index contributed by atoms with van der Waals surface area (Å²) in [5.41, 5.74) is 2.52. The summed E-state index contributed by atoms with van der Waals surface area (Å²) in [5.74, 6) is -0.326. The fourth-order valence-corrected chi connectivity index (χ4v) is 2.25. The molecule has 0 bridgehead atoms. The minimum atomic E-state index is -0.326. The van der Waals surface area contributed by atoms with Crippen molar-refractivity contribution in [3.05, 3.63) is 64.4 Å². The Bertz CT molecular complexity index is 623. The number of anilines is 1. The second-order valence-electron chi connectivity index (χ2n) is 4.85. The first kappa shape index (κ1) is 15.7.